The van der Waals surface area contributed by atoms with Crippen molar-refractivity contribution >= 4 is 11.6 Å². The molecule has 1 aliphatic rings. The van der Waals surface area contributed by atoms with Gasteiger partial charge in [-0.3, -0.25) is 4.79 Å². The van der Waals surface area contributed by atoms with E-state index in [1.54, 1.807) is 14.0 Å². The number of alkyl halides is 3. The molecule has 1 amide bonds. The van der Waals surface area contributed by atoms with Gasteiger partial charge in [-0.25, -0.2) is 0 Å². The third-order valence-corrected chi connectivity index (χ3v) is 3.05. The van der Waals surface area contributed by atoms with Gasteiger partial charge in [0.25, 0.3) is 0 Å². The van der Waals surface area contributed by atoms with Crippen LogP contribution in [0.3, 0.4) is 0 Å². The minimum absolute atomic E-state index is 0.0581. The van der Waals surface area contributed by atoms with Gasteiger partial charge in [0.1, 0.15) is 0 Å². The summed E-state index contributed by atoms with van der Waals surface area (Å²) in [5.74, 6) is -0.326. The first-order valence-corrected chi connectivity index (χ1v) is 5.28. The minimum Gasteiger partial charge on any atom is -0.315 e. The molecule has 1 aromatic rings. The number of carbonyl (C=O) groups is 1. The standard InChI is InChI=1S/C12H12F3NO/c1-7-5-8-6-9(12(13,14)15)3-4-10(8)16(2)11(7)17/h3-4,6-7H,5H2,1-2H3. The van der Waals surface area contributed by atoms with Crippen molar-refractivity contribution in [3.8, 4) is 0 Å². The van der Waals surface area contributed by atoms with E-state index >= 15 is 0 Å². The molecular weight excluding hydrogens is 231 g/mol. The third-order valence-electron chi connectivity index (χ3n) is 3.05. The van der Waals surface area contributed by atoms with E-state index in [1.807, 2.05) is 0 Å². The number of rotatable bonds is 0. The monoisotopic (exact) mass is 243 g/mol. The number of benzene rings is 1. The second kappa shape index (κ2) is 3.75. The van der Waals surface area contributed by atoms with Crippen LogP contribution in [-0.2, 0) is 17.4 Å². The van der Waals surface area contributed by atoms with Crippen LogP contribution in [0.5, 0.6) is 0 Å². The lowest BCUT2D eigenvalue weighted by Gasteiger charge is -2.30. The molecule has 0 radical (unpaired) electrons. The van der Waals surface area contributed by atoms with Crippen molar-refractivity contribution in [2.24, 2.45) is 5.92 Å². The fourth-order valence-electron chi connectivity index (χ4n) is 2.12. The average Bonchev–Trinajstić information content (AvgIpc) is 2.24. The van der Waals surface area contributed by atoms with Crippen molar-refractivity contribution < 1.29 is 18.0 Å². The topological polar surface area (TPSA) is 20.3 Å². The average molecular weight is 243 g/mol. The maximum absolute atomic E-state index is 12.5. The lowest BCUT2D eigenvalue weighted by atomic mass is 9.92. The van der Waals surface area contributed by atoms with Crippen LogP contribution in [0.2, 0.25) is 0 Å². The molecule has 5 heteroatoms. The smallest absolute Gasteiger partial charge is 0.315 e. The molecule has 0 aromatic heterocycles. The Labute approximate surface area is 97.0 Å². The first-order valence-electron chi connectivity index (χ1n) is 5.28. The Morgan fingerprint density at radius 3 is 2.59 bits per heavy atom. The van der Waals surface area contributed by atoms with Crippen LogP contribution in [-0.4, -0.2) is 13.0 Å². The molecule has 1 heterocycles. The molecular formula is C12H12F3NO. The Hall–Kier alpha value is -1.52. The first-order chi connectivity index (χ1) is 7.80. The van der Waals surface area contributed by atoms with E-state index < -0.39 is 11.7 Å². The van der Waals surface area contributed by atoms with E-state index in [1.165, 1.54) is 11.0 Å². The number of anilines is 1. The normalized spacial score (nSPS) is 20.4. The zero-order valence-electron chi connectivity index (χ0n) is 9.51. The summed E-state index contributed by atoms with van der Waals surface area (Å²) in [6.07, 6.45) is -3.97. The first kappa shape index (κ1) is 12.0. The summed E-state index contributed by atoms with van der Waals surface area (Å²) in [6.45, 7) is 1.72. The second-order valence-electron chi connectivity index (χ2n) is 4.34. The highest BCUT2D eigenvalue weighted by atomic mass is 19.4. The summed E-state index contributed by atoms with van der Waals surface area (Å²) >= 11 is 0. The molecule has 0 bridgehead atoms. The van der Waals surface area contributed by atoms with Gasteiger partial charge in [0.2, 0.25) is 5.91 Å². The number of amides is 1. The largest absolute Gasteiger partial charge is 0.416 e. The van der Waals surface area contributed by atoms with Crippen LogP contribution in [0.1, 0.15) is 18.1 Å². The van der Waals surface area contributed by atoms with Crippen LogP contribution < -0.4 is 4.90 Å². The number of hydrogen-bond donors (Lipinski definition) is 0. The summed E-state index contributed by atoms with van der Waals surface area (Å²) in [4.78, 5) is 13.1. The van der Waals surface area contributed by atoms with E-state index in [0.717, 1.165) is 12.1 Å². The van der Waals surface area contributed by atoms with E-state index in [-0.39, 0.29) is 11.8 Å². The zero-order chi connectivity index (χ0) is 12.8. The molecule has 92 valence electrons. The highest BCUT2D eigenvalue weighted by Gasteiger charge is 2.33. The van der Waals surface area contributed by atoms with Crippen molar-refractivity contribution in [2.75, 3.05) is 11.9 Å². The molecule has 0 saturated heterocycles. The van der Waals surface area contributed by atoms with E-state index in [2.05, 4.69) is 0 Å². The lowest BCUT2D eigenvalue weighted by molar-refractivity contribution is -0.137. The fourth-order valence-corrected chi connectivity index (χ4v) is 2.12. The molecule has 2 rings (SSSR count). The van der Waals surface area contributed by atoms with Crippen LogP contribution >= 0.6 is 0 Å². The molecule has 0 aliphatic carbocycles. The maximum atomic E-state index is 12.5. The van der Waals surface area contributed by atoms with Crippen LogP contribution in [0, 0.1) is 5.92 Å². The Balaban J connectivity index is 2.48. The van der Waals surface area contributed by atoms with E-state index in [0.29, 0.717) is 17.7 Å². The number of fused-ring (bicyclic) bond motifs is 1. The highest BCUT2D eigenvalue weighted by Crippen LogP contribution is 2.35. The van der Waals surface area contributed by atoms with Gasteiger partial charge in [-0.1, -0.05) is 6.92 Å². The Morgan fingerprint density at radius 2 is 2.00 bits per heavy atom. The quantitative estimate of drug-likeness (QED) is 0.686. The third kappa shape index (κ3) is 2.01. The summed E-state index contributed by atoms with van der Waals surface area (Å²) in [6, 6.07) is 3.51. The van der Waals surface area contributed by atoms with Crippen LogP contribution in [0.15, 0.2) is 18.2 Å². The molecule has 0 saturated carbocycles. The molecule has 0 fully saturated rings. The summed E-state index contributed by atoms with van der Waals surface area (Å²) in [5.41, 5.74) is 0.488. The highest BCUT2D eigenvalue weighted by molar-refractivity contribution is 5.97. The lowest BCUT2D eigenvalue weighted by Crippen LogP contribution is -2.37. The van der Waals surface area contributed by atoms with Crippen molar-refractivity contribution in [2.45, 2.75) is 19.5 Å². The molecule has 2 nitrogen and oxygen atoms in total. The molecule has 0 N–H and O–H groups in total. The van der Waals surface area contributed by atoms with Gasteiger partial charge in [0.05, 0.1) is 5.56 Å². The predicted octanol–water partition coefficient (Wildman–Crippen LogP) is 2.86. The summed E-state index contributed by atoms with van der Waals surface area (Å²) < 4.78 is 37.6. The fraction of sp³-hybridized carbons (Fsp3) is 0.417. The Kier molecular flexibility index (Phi) is 2.64. The van der Waals surface area contributed by atoms with Gasteiger partial charge in [0, 0.05) is 18.7 Å². The molecule has 1 aromatic carbocycles. The van der Waals surface area contributed by atoms with Crippen molar-refractivity contribution in [1.29, 1.82) is 0 Å². The van der Waals surface area contributed by atoms with Crippen molar-refractivity contribution in [3.05, 3.63) is 29.3 Å². The molecule has 1 aliphatic heterocycles. The zero-order valence-corrected chi connectivity index (χ0v) is 9.51. The molecule has 17 heavy (non-hydrogen) atoms. The van der Waals surface area contributed by atoms with E-state index in [4.69, 9.17) is 0 Å². The van der Waals surface area contributed by atoms with Gasteiger partial charge in [-0.05, 0) is 30.2 Å². The Bertz CT molecular complexity index is 467. The molecule has 1 unspecified atom stereocenters. The van der Waals surface area contributed by atoms with Gasteiger partial charge >= 0.3 is 6.18 Å². The second-order valence-corrected chi connectivity index (χ2v) is 4.34. The van der Waals surface area contributed by atoms with Crippen molar-refractivity contribution in [3.63, 3.8) is 0 Å². The number of hydrogen-bond acceptors (Lipinski definition) is 1. The summed E-state index contributed by atoms with van der Waals surface area (Å²) in [7, 11) is 1.59. The predicted molar refractivity (Wildman–Crippen MR) is 57.7 cm³/mol. The van der Waals surface area contributed by atoms with Gasteiger partial charge in [-0.15, -0.1) is 0 Å². The number of nitrogens with zero attached hydrogens (tertiary/aromatic N) is 1. The molecule has 0 spiro atoms. The number of carbonyl (C=O) groups excluding carboxylic acids is 1. The van der Waals surface area contributed by atoms with Gasteiger partial charge in [-0.2, -0.15) is 13.2 Å². The van der Waals surface area contributed by atoms with Crippen LogP contribution in [0.25, 0.3) is 0 Å². The van der Waals surface area contributed by atoms with Gasteiger partial charge < -0.3 is 4.90 Å². The summed E-state index contributed by atoms with van der Waals surface area (Å²) in [5, 5.41) is 0. The van der Waals surface area contributed by atoms with Crippen molar-refractivity contribution in [1.82, 2.24) is 0 Å². The SMILES string of the molecule is CC1Cc2cc(C(F)(F)F)ccc2N(C)C1=O. The van der Waals surface area contributed by atoms with E-state index in [9.17, 15) is 18.0 Å². The van der Waals surface area contributed by atoms with Crippen LogP contribution in [0.4, 0.5) is 18.9 Å². The maximum Gasteiger partial charge on any atom is 0.416 e. The Morgan fingerprint density at radius 1 is 1.35 bits per heavy atom. The molecule has 1 atom stereocenters. The number of halogens is 3. The minimum atomic E-state index is -4.34. The van der Waals surface area contributed by atoms with Gasteiger partial charge in [0.15, 0.2) is 0 Å².